The molecule has 6 heteroatoms. The zero-order valence-electron chi connectivity index (χ0n) is 12.2. The van der Waals surface area contributed by atoms with Gasteiger partial charge in [0.25, 0.3) is 0 Å². The van der Waals surface area contributed by atoms with Crippen LogP contribution in [0.5, 0.6) is 0 Å². The van der Waals surface area contributed by atoms with Gasteiger partial charge in [-0.1, -0.05) is 12.1 Å². The summed E-state index contributed by atoms with van der Waals surface area (Å²) in [6.07, 6.45) is 0. The Morgan fingerprint density at radius 3 is 2.62 bits per heavy atom. The Hall–Kier alpha value is -1.95. The van der Waals surface area contributed by atoms with Gasteiger partial charge in [-0.05, 0) is 31.5 Å². The predicted octanol–water partition coefficient (Wildman–Crippen LogP) is 0.823. The molecule has 0 radical (unpaired) electrons. The second-order valence-electron chi connectivity index (χ2n) is 5.28. The number of benzene rings is 1. The molecule has 2 unspecified atom stereocenters. The molecule has 2 amide bonds. The molecular formula is C15H20FN3O2. The molecule has 2 N–H and O–H groups in total. The van der Waals surface area contributed by atoms with Crippen molar-refractivity contribution < 1.29 is 14.0 Å². The predicted molar refractivity (Wildman–Crippen MR) is 77.0 cm³/mol. The van der Waals surface area contributed by atoms with Crippen LogP contribution in [0.2, 0.25) is 0 Å². The maximum absolute atomic E-state index is 12.9. The number of hydrogen-bond donors (Lipinski definition) is 2. The molecule has 0 aliphatic carbocycles. The van der Waals surface area contributed by atoms with Gasteiger partial charge in [0.2, 0.25) is 11.8 Å². The Balaban J connectivity index is 1.93. The van der Waals surface area contributed by atoms with E-state index in [1.165, 1.54) is 12.1 Å². The molecule has 2 atom stereocenters. The highest BCUT2D eigenvalue weighted by Crippen LogP contribution is 2.13. The quantitative estimate of drug-likeness (QED) is 0.864. The molecule has 2 rings (SSSR count). The van der Waals surface area contributed by atoms with Crippen LogP contribution < -0.4 is 10.6 Å². The lowest BCUT2D eigenvalue weighted by molar-refractivity contribution is -0.130. The Kier molecular flexibility index (Phi) is 4.90. The van der Waals surface area contributed by atoms with Gasteiger partial charge in [-0.15, -0.1) is 0 Å². The molecule has 1 heterocycles. The van der Waals surface area contributed by atoms with Gasteiger partial charge >= 0.3 is 0 Å². The summed E-state index contributed by atoms with van der Waals surface area (Å²) in [5.41, 5.74) is 0.841. The standard InChI is InChI=1S/C15H20FN3O2/c1-10(12-3-5-13(16)6-4-12)18-15(21)11(2)19-8-7-17-14(20)9-19/h3-6,10-11H,7-9H2,1-2H3,(H,17,20)(H,18,21). The molecular weight excluding hydrogens is 273 g/mol. The summed E-state index contributed by atoms with van der Waals surface area (Å²) in [5.74, 6) is -0.501. The molecule has 1 aliphatic rings. The molecule has 0 aromatic heterocycles. The first kappa shape index (κ1) is 15.4. The molecule has 0 saturated carbocycles. The van der Waals surface area contributed by atoms with E-state index in [1.807, 2.05) is 11.8 Å². The lowest BCUT2D eigenvalue weighted by Gasteiger charge is -2.31. The average molecular weight is 293 g/mol. The summed E-state index contributed by atoms with van der Waals surface area (Å²) >= 11 is 0. The van der Waals surface area contributed by atoms with Gasteiger partial charge in [0.15, 0.2) is 0 Å². The Bertz CT molecular complexity index is 518. The van der Waals surface area contributed by atoms with Crippen molar-refractivity contribution in [2.45, 2.75) is 25.9 Å². The first-order valence-electron chi connectivity index (χ1n) is 7.04. The van der Waals surface area contributed by atoms with Gasteiger partial charge in [0.05, 0.1) is 18.6 Å². The topological polar surface area (TPSA) is 61.4 Å². The van der Waals surface area contributed by atoms with Crippen molar-refractivity contribution in [2.75, 3.05) is 19.6 Å². The Morgan fingerprint density at radius 2 is 2.00 bits per heavy atom. The first-order chi connectivity index (χ1) is 9.97. The van der Waals surface area contributed by atoms with Crippen LogP contribution in [-0.2, 0) is 9.59 Å². The maximum atomic E-state index is 12.9. The number of rotatable bonds is 4. The minimum atomic E-state index is -0.376. The summed E-state index contributed by atoms with van der Waals surface area (Å²) < 4.78 is 12.9. The lowest BCUT2D eigenvalue weighted by atomic mass is 10.1. The number of nitrogens with zero attached hydrogens (tertiary/aromatic N) is 1. The molecule has 5 nitrogen and oxygen atoms in total. The van der Waals surface area contributed by atoms with Gasteiger partial charge in [0.1, 0.15) is 5.82 Å². The van der Waals surface area contributed by atoms with E-state index in [9.17, 15) is 14.0 Å². The monoisotopic (exact) mass is 293 g/mol. The number of carbonyl (C=O) groups is 2. The maximum Gasteiger partial charge on any atom is 0.237 e. The van der Waals surface area contributed by atoms with Crippen molar-refractivity contribution in [3.8, 4) is 0 Å². The van der Waals surface area contributed by atoms with E-state index < -0.39 is 0 Å². The second-order valence-corrected chi connectivity index (χ2v) is 5.28. The zero-order chi connectivity index (χ0) is 15.4. The van der Waals surface area contributed by atoms with E-state index in [0.717, 1.165) is 5.56 Å². The van der Waals surface area contributed by atoms with E-state index in [4.69, 9.17) is 0 Å². The van der Waals surface area contributed by atoms with Crippen LogP contribution in [0.4, 0.5) is 4.39 Å². The van der Waals surface area contributed by atoms with E-state index >= 15 is 0 Å². The summed E-state index contributed by atoms with van der Waals surface area (Å²) in [6, 6.07) is 5.46. The molecule has 0 bridgehead atoms. The highest BCUT2D eigenvalue weighted by molar-refractivity contribution is 5.84. The smallest absolute Gasteiger partial charge is 0.237 e. The van der Waals surface area contributed by atoms with Crippen LogP contribution >= 0.6 is 0 Å². The third-order valence-electron chi connectivity index (χ3n) is 3.72. The lowest BCUT2D eigenvalue weighted by Crippen LogP contribution is -2.55. The number of nitrogens with one attached hydrogen (secondary N) is 2. The van der Waals surface area contributed by atoms with Crippen LogP contribution in [0.3, 0.4) is 0 Å². The summed E-state index contributed by atoms with van der Waals surface area (Å²) in [5, 5.41) is 5.62. The highest BCUT2D eigenvalue weighted by atomic mass is 19.1. The summed E-state index contributed by atoms with van der Waals surface area (Å²) in [4.78, 5) is 25.4. The van der Waals surface area contributed by atoms with Gasteiger partial charge in [0, 0.05) is 13.1 Å². The van der Waals surface area contributed by atoms with Gasteiger partial charge in [-0.25, -0.2) is 4.39 Å². The minimum absolute atomic E-state index is 0.0625. The number of hydrogen-bond acceptors (Lipinski definition) is 3. The third-order valence-corrected chi connectivity index (χ3v) is 3.72. The molecule has 0 spiro atoms. The number of piperazine rings is 1. The van der Waals surface area contributed by atoms with E-state index in [1.54, 1.807) is 19.1 Å². The highest BCUT2D eigenvalue weighted by Gasteiger charge is 2.26. The van der Waals surface area contributed by atoms with E-state index in [0.29, 0.717) is 13.1 Å². The average Bonchev–Trinajstić information content (AvgIpc) is 2.47. The van der Waals surface area contributed by atoms with Crippen LogP contribution in [0.1, 0.15) is 25.5 Å². The van der Waals surface area contributed by atoms with Gasteiger partial charge in [-0.3, -0.25) is 14.5 Å². The summed E-state index contributed by atoms with van der Waals surface area (Å²) in [6.45, 7) is 5.08. The van der Waals surface area contributed by atoms with Crippen LogP contribution in [0.15, 0.2) is 24.3 Å². The van der Waals surface area contributed by atoms with Crippen LogP contribution in [0.25, 0.3) is 0 Å². The van der Waals surface area contributed by atoms with E-state index in [-0.39, 0.29) is 36.3 Å². The van der Waals surface area contributed by atoms with Gasteiger partial charge < -0.3 is 10.6 Å². The molecule has 1 aromatic carbocycles. The third kappa shape index (κ3) is 4.01. The van der Waals surface area contributed by atoms with Crippen LogP contribution in [0, 0.1) is 5.82 Å². The minimum Gasteiger partial charge on any atom is -0.354 e. The summed E-state index contributed by atoms with van der Waals surface area (Å²) in [7, 11) is 0. The second kappa shape index (κ2) is 6.67. The van der Waals surface area contributed by atoms with Crippen LogP contribution in [-0.4, -0.2) is 42.4 Å². The number of halogens is 1. The molecule has 1 saturated heterocycles. The van der Waals surface area contributed by atoms with Gasteiger partial charge in [-0.2, -0.15) is 0 Å². The largest absolute Gasteiger partial charge is 0.354 e. The molecule has 114 valence electrons. The Labute approximate surface area is 123 Å². The molecule has 1 fully saturated rings. The van der Waals surface area contributed by atoms with Crippen molar-refractivity contribution >= 4 is 11.8 Å². The first-order valence-corrected chi connectivity index (χ1v) is 7.04. The van der Waals surface area contributed by atoms with Crippen molar-refractivity contribution in [1.29, 1.82) is 0 Å². The fourth-order valence-electron chi connectivity index (χ4n) is 2.32. The van der Waals surface area contributed by atoms with Crippen molar-refractivity contribution in [1.82, 2.24) is 15.5 Å². The van der Waals surface area contributed by atoms with Crippen molar-refractivity contribution in [2.24, 2.45) is 0 Å². The van der Waals surface area contributed by atoms with E-state index in [2.05, 4.69) is 10.6 Å². The zero-order valence-corrected chi connectivity index (χ0v) is 12.2. The number of carbonyl (C=O) groups excluding carboxylic acids is 2. The van der Waals surface area contributed by atoms with Crippen molar-refractivity contribution in [3.05, 3.63) is 35.6 Å². The van der Waals surface area contributed by atoms with Crippen molar-refractivity contribution in [3.63, 3.8) is 0 Å². The molecule has 1 aliphatic heterocycles. The fraction of sp³-hybridized carbons (Fsp3) is 0.467. The normalized spacial score (nSPS) is 18.7. The molecule has 21 heavy (non-hydrogen) atoms. The number of amides is 2. The SMILES string of the molecule is CC(NC(=O)C(C)N1CCNC(=O)C1)c1ccc(F)cc1. The fourth-order valence-corrected chi connectivity index (χ4v) is 2.32. The Morgan fingerprint density at radius 1 is 1.33 bits per heavy atom. The molecule has 1 aromatic rings.